The molecule has 0 radical (unpaired) electrons. The summed E-state index contributed by atoms with van der Waals surface area (Å²) in [6.07, 6.45) is 81.5. The Balaban J connectivity index is 4.33. The molecule has 0 saturated heterocycles. The van der Waals surface area contributed by atoms with Crippen LogP contribution in [0.1, 0.15) is 310 Å². The molecule has 6 nitrogen and oxygen atoms in total. The lowest BCUT2D eigenvalue weighted by Gasteiger charge is -2.18. The summed E-state index contributed by atoms with van der Waals surface area (Å²) in [5.74, 6) is -0.884. The van der Waals surface area contributed by atoms with Crippen molar-refractivity contribution in [2.24, 2.45) is 0 Å². The number of unbranched alkanes of at least 4 members (excludes halogenated alkanes) is 32. The Morgan fingerprint density at radius 2 is 0.527 bits per heavy atom. The van der Waals surface area contributed by atoms with Crippen LogP contribution < -0.4 is 0 Å². The number of esters is 3. The monoisotopic (exact) mass is 1030 g/mol. The van der Waals surface area contributed by atoms with Gasteiger partial charge in [0.05, 0.1) is 0 Å². The summed E-state index contributed by atoms with van der Waals surface area (Å²) in [7, 11) is 0. The molecule has 0 aliphatic rings. The number of carbonyl (C=O) groups excluding carboxylic acids is 3. The Morgan fingerprint density at radius 1 is 0.284 bits per heavy atom. The summed E-state index contributed by atoms with van der Waals surface area (Å²) in [6.45, 7) is 6.54. The van der Waals surface area contributed by atoms with Gasteiger partial charge in [0.2, 0.25) is 0 Å². The van der Waals surface area contributed by atoms with Crippen molar-refractivity contribution in [3.63, 3.8) is 0 Å². The first-order valence-corrected chi connectivity index (χ1v) is 31.6. The van der Waals surface area contributed by atoms with Gasteiger partial charge in [0.25, 0.3) is 0 Å². The Labute approximate surface area is 458 Å². The molecule has 0 bridgehead atoms. The zero-order valence-electron chi connectivity index (χ0n) is 48.8. The van der Waals surface area contributed by atoms with Gasteiger partial charge in [0, 0.05) is 19.3 Å². The molecular formula is C68H118O6. The third kappa shape index (κ3) is 59.5. The average Bonchev–Trinajstić information content (AvgIpc) is 3.40. The predicted molar refractivity (Wildman–Crippen MR) is 321 cm³/mol. The highest BCUT2D eigenvalue weighted by atomic mass is 16.6. The van der Waals surface area contributed by atoms with Crippen LogP contribution in [0.15, 0.2) is 85.1 Å². The number of hydrogen-bond donors (Lipinski definition) is 0. The maximum absolute atomic E-state index is 12.9. The number of rotatable bonds is 57. The highest BCUT2D eigenvalue weighted by Crippen LogP contribution is 2.17. The summed E-state index contributed by atoms with van der Waals surface area (Å²) in [4.78, 5) is 38.2. The van der Waals surface area contributed by atoms with Gasteiger partial charge < -0.3 is 14.2 Å². The van der Waals surface area contributed by atoms with Gasteiger partial charge in [-0.2, -0.15) is 0 Å². The van der Waals surface area contributed by atoms with Crippen LogP contribution in [0.3, 0.4) is 0 Å². The molecule has 1 unspecified atom stereocenters. The van der Waals surface area contributed by atoms with Crippen molar-refractivity contribution in [2.45, 2.75) is 316 Å². The second-order valence-electron chi connectivity index (χ2n) is 21.0. The molecular weight excluding hydrogens is 913 g/mol. The SMILES string of the molecule is CC/C=C\C/C=C\C/C=C\C/C=C\C/C=C\C/C=C\C/C=C\CCCCCCCC(=O)OCC(COC(=O)CCCCCCCCCCCCCC)OC(=O)CCCCCCCCCCCCCCCCCCC. The minimum absolute atomic E-state index is 0.0784. The Hall–Kier alpha value is -3.41. The molecule has 0 aliphatic heterocycles. The third-order valence-electron chi connectivity index (χ3n) is 13.7. The highest BCUT2D eigenvalue weighted by Gasteiger charge is 2.19. The molecule has 0 aromatic heterocycles. The van der Waals surface area contributed by atoms with Gasteiger partial charge >= 0.3 is 17.9 Å². The largest absolute Gasteiger partial charge is 0.462 e. The molecule has 0 N–H and O–H groups in total. The number of ether oxygens (including phenoxy) is 3. The molecule has 0 aromatic rings. The standard InChI is InChI=1S/C68H118O6/c1-4-7-10-13-16-19-22-25-27-29-30-31-32-33-34-35-36-37-38-40-41-43-46-49-52-55-58-61-67(70)73-64-65(63-72-66(69)60-57-54-51-48-45-24-21-18-15-12-9-6-3)74-68(71)62-59-56-53-50-47-44-42-39-28-26-23-20-17-14-11-8-5-2/h7,10,16,19,25,27,30-31,33-34,36-37,40-41,65H,4-6,8-9,11-15,17-18,20-24,26,28-29,32,35,38-39,42-64H2,1-3H3/b10-7-,19-16-,27-25-,31-30-,34-33-,37-36-,41-40-. The first kappa shape index (κ1) is 70.6. The number of hydrogen-bond acceptors (Lipinski definition) is 6. The van der Waals surface area contributed by atoms with Crippen molar-refractivity contribution < 1.29 is 28.6 Å². The van der Waals surface area contributed by atoms with Gasteiger partial charge in [-0.05, 0) is 77.0 Å². The van der Waals surface area contributed by atoms with E-state index in [0.29, 0.717) is 19.3 Å². The molecule has 0 aromatic carbocycles. The van der Waals surface area contributed by atoms with Crippen molar-refractivity contribution in [3.05, 3.63) is 85.1 Å². The minimum Gasteiger partial charge on any atom is -0.462 e. The van der Waals surface area contributed by atoms with Gasteiger partial charge in [-0.3, -0.25) is 14.4 Å². The average molecular weight is 1030 g/mol. The van der Waals surface area contributed by atoms with Crippen LogP contribution in [0.25, 0.3) is 0 Å². The van der Waals surface area contributed by atoms with Gasteiger partial charge in [-0.15, -0.1) is 0 Å². The fourth-order valence-corrected chi connectivity index (χ4v) is 8.95. The predicted octanol–water partition coefficient (Wildman–Crippen LogP) is 21.5. The summed E-state index contributed by atoms with van der Waals surface area (Å²) >= 11 is 0. The fraction of sp³-hybridized carbons (Fsp3) is 0.750. The Kier molecular flexibility index (Phi) is 59.3. The summed E-state index contributed by atoms with van der Waals surface area (Å²) in [5, 5.41) is 0. The van der Waals surface area contributed by atoms with Crippen molar-refractivity contribution in [2.75, 3.05) is 13.2 Å². The lowest BCUT2D eigenvalue weighted by molar-refractivity contribution is -0.167. The van der Waals surface area contributed by atoms with E-state index in [9.17, 15) is 14.4 Å². The van der Waals surface area contributed by atoms with Crippen molar-refractivity contribution in [1.29, 1.82) is 0 Å². The first-order chi connectivity index (χ1) is 36.5. The van der Waals surface area contributed by atoms with Crippen LogP contribution in [0, 0.1) is 0 Å². The van der Waals surface area contributed by atoms with E-state index < -0.39 is 6.10 Å². The maximum Gasteiger partial charge on any atom is 0.306 e. The van der Waals surface area contributed by atoms with E-state index >= 15 is 0 Å². The van der Waals surface area contributed by atoms with E-state index in [1.165, 1.54) is 148 Å². The zero-order chi connectivity index (χ0) is 53.6. The molecule has 0 amide bonds. The van der Waals surface area contributed by atoms with E-state index in [1.54, 1.807) is 0 Å². The maximum atomic E-state index is 12.9. The van der Waals surface area contributed by atoms with E-state index in [-0.39, 0.29) is 31.1 Å². The van der Waals surface area contributed by atoms with Gasteiger partial charge in [-0.25, -0.2) is 0 Å². The Morgan fingerprint density at radius 3 is 0.824 bits per heavy atom. The second kappa shape index (κ2) is 62.1. The molecule has 1 atom stereocenters. The third-order valence-corrected chi connectivity index (χ3v) is 13.7. The molecule has 0 heterocycles. The summed E-state index contributed by atoms with van der Waals surface area (Å²) in [6, 6.07) is 0. The number of carbonyl (C=O) groups is 3. The van der Waals surface area contributed by atoms with Crippen LogP contribution in [0.5, 0.6) is 0 Å². The molecule has 0 saturated carbocycles. The van der Waals surface area contributed by atoms with Crippen LogP contribution >= 0.6 is 0 Å². The van der Waals surface area contributed by atoms with Crippen LogP contribution in [0.4, 0.5) is 0 Å². The van der Waals surface area contributed by atoms with Crippen LogP contribution in [-0.4, -0.2) is 37.2 Å². The van der Waals surface area contributed by atoms with E-state index in [1.807, 2.05) is 0 Å². The van der Waals surface area contributed by atoms with Crippen LogP contribution in [-0.2, 0) is 28.6 Å². The topological polar surface area (TPSA) is 78.9 Å². The fourth-order valence-electron chi connectivity index (χ4n) is 8.95. The van der Waals surface area contributed by atoms with Gasteiger partial charge in [-0.1, -0.05) is 298 Å². The highest BCUT2D eigenvalue weighted by molar-refractivity contribution is 5.71. The normalized spacial score (nSPS) is 12.6. The summed E-state index contributed by atoms with van der Waals surface area (Å²) < 4.78 is 16.9. The van der Waals surface area contributed by atoms with Crippen LogP contribution in [0.2, 0.25) is 0 Å². The van der Waals surface area contributed by atoms with Crippen molar-refractivity contribution >= 4 is 17.9 Å². The van der Waals surface area contributed by atoms with E-state index in [0.717, 1.165) is 122 Å². The van der Waals surface area contributed by atoms with E-state index in [2.05, 4.69) is 106 Å². The van der Waals surface area contributed by atoms with Crippen molar-refractivity contribution in [1.82, 2.24) is 0 Å². The first-order valence-electron chi connectivity index (χ1n) is 31.6. The lowest BCUT2D eigenvalue weighted by atomic mass is 10.0. The lowest BCUT2D eigenvalue weighted by Crippen LogP contribution is -2.30. The van der Waals surface area contributed by atoms with Crippen molar-refractivity contribution in [3.8, 4) is 0 Å². The smallest absolute Gasteiger partial charge is 0.306 e. The van der Waals surface area contributed by atoms with Gasteiger partial charge in [0.15, 0.2) is 6.10 Å². The summed E-state index contributed by atoms with van der Waals surface area (Å²) in [5.41, 5.74) is 0. The second-order valence-corrected chi connectivity index (χ2v) is 21.0. The Bertz CT molecular complexity index is 1420. The molecule has 0 rings (SSSR count). The molecule has 0 aliphatic carbocycles. The molecule has 426 valence electrons. The minimum atomic E-state index is -0.782. The molecule has 0 fully saturated rings. The van der Waals surface area contributed by atoms with Gasteiger partial charge in [0.1, 0.15) is 13.2 Å². The zero-order valence-corrected chi connectivity index (χ0v) is 48.8. The quantitative estimate of drug-likeness (QED) is 0.0261. The van der Waals surface area contributed by atoms with E-state index in [4.69, 9.17) is 14.2 Å². The molecule has 0 spiro atoms. The molecule has 6 heteroatoms. The number of allylic oxidation sites excluding steroid dienone is 14. The molecule has 74 heavy (non-hydrogen) atoms.